The molecule has 0 bridgehead atoms. The molecule has 0 N–H and O–H groups in total. The summed E-state index contributed by atoms with van der Waals surface area (Å²) in [6, 6.07) is 75.5. The average molecular weight is 761 g/mol. The number of benzene rings is 9. The van der Waals surface area contributed by atoms with Crippen molar-refractivity contribution in [3.05, 3.63) is 217 Å². The number of fused-ring (bicyclic) bond motifs is 6. The summed E-state index contributed by atoms with van der Waals surface area (Å²) in [7, 11) is 0. The molecule has 10 aromatic rings. The highest BCUT2D eigenvalue weighted by molar-refractivity contribution is 7.26. The molecule has 58 heavy (non-hydrogen) atoms. The van der Waals surface area contributed by atoms with E-state index in [9.17, 15) is 0 Å². The highest BCUT2D eigenvalue weighted by atomic mass is 32.1. The van der Waals surface area contributed by atoms with Crippen molar-refractivity contribution in [2.45, 2.75) is 19.3 Å². The quantitative estimate of drug-likeness (QED) is 0.167. The fourth-order valence-electron chi connectivity index (χ4n) is 9.39. The minimum absolute atomic E-state index is 0.275. The van der Waals surface area contributed by atoms with Crippen LogP contribution in [0.25, 0.3) is 53.2 Å². The van der Waals surface area contributed by atoms with E-state index in [0.717, 1.165) is 17.1 Å². The average Bonchev–Trinajstić information content (AvgIpc) is 3.67. The molecule has 0 unspecified atom stereocenters. The molecule has 0 radical (unpaired) electrons. The van der Waals surface area contributed by atoms with Crippen molar-refractivity contribution in [1.29, 1.82) is 0 Å². The van der Waals surface area contributed by atoms with Crippen molar-refractivity contribution < 1.29 is 0 Å². The fraction of sp³-hybridized carbons (Fsp3) is 0.0545. The van der Waals surface area contributed by atoms with Crippen LogP contribution in [0, 0.1) is 0 Å². The summed E-state index contributed by atoms with van der Waals surface area (Å²) in [5, 5.41) is 5.07. The summed E-state index contributed by atoms with van der Waals surface area (Å²) >= 11 is 1.90. The molecule has 0 saturated heterocycles. The molecule has 1 aliphatic rings. The van der Waals surface area contributed by atoms with Crippen LogP contribution < -0.4 is 9.80 Å². The zero-order valence-electron chi connectivity index (χ0n) is 32.4. The first-order valence-electron chi connectivity index (χ1n) is 20.0. The van der Waals surface area contributed by atoms with Gasteiger partial charge in [0.15, 0.2) is 0 Å². The smallest absolute Gasteiger partial charge is 0.0618 e. The van der Waals surface area contributed by atoms with E-state index in [4.69, 9.17) is 0 Å². The van der Waals surface area contributed by atoms with Gasteiger partial charge < -0.3 is 9.80 Å². The monoisotopic (exact) mass is 760 g/mol. The molecular weight excluding hydrogens is 721 g/mol. The molecule has 0 amide bonds. The SMILES string of the molecule is CC1(C)c2ccccc2N(c2c(-c3ccc(N(c4ccccc4)c4ccccc4)cc3)ccc3ccccc23)c2cccc(-c3cccc4c3sc3ccccc34)c21. The Bertz CT molecular complexity index is 3100. The molecular formula is C55H40N2S. The minimum Gasteiger partial charge on any atom is -0.311 e. The Kier molecular flexibility index (Phi) is 8.06. The second-order valence-electron chi connectivity index (χ2n) is 15.7. The van der Waals surface area contributed by atoms with Crippen molar-refractivity contribution in [2.75, 3.05) is 9.80 Å². The van der Waals surface area contributed by atoms with Gasteiger partial charge in [0.25, 0.3) is 0 Å². The van der Waals surface area contributed by atoms with E-state index in [1.54, 1.807) is 0 Å². The van der Waals surface area contributed by atoms with E-state index < -0.39 is 0 Å². The highest BCUT2D eigenvalue weighted by Gasteiger charge is 2.40. The molecule has 2 nitrogen and oxygen atoms in total. The molecule has 2 heterocycles. The maximum Gasteiger partial charge on any atom is 0.0618 e. The van der Waals surface area contributed by atoms with Crippen LogP contribution in [0.1, 0.15) is 25.0 Å². The summed E-state index contributed by atoms with van der Waals surface area (Å²) in [6.45, 7) is 4.81. The van der Waals surface area contributed by atoms with Gasteiger partial charge in [0.05, 0.1) is 17.1 Å². The summed E-state index contributed by atoms with van der Waals surface area (Å²) in [5.74, 6) is 0. The van der Waals surface area contributed by atoms with Crippen molar-refractivity contribution >= 4 is 76.4 Å². The molecule has 0 saturated carbocycles. The number of anilines is 6. The van der Waals surface area contributed by atoms with Crippen LogP contribution in [0.4, 0.5) is 34.1 Å². The topological polar surface area (TPSA) is 6.48 Å². The maximum atomic E-state index is 2.57. The second kappa shape index (κ2) is 13.6. The molecule has 1 aliphatic heterocycles. The number of nitrogens with zero attached hydrogens (tertiary/aromatic N) is 2. The lowest BCUT2D eigenvalue weighted by Crippen LogP contribution is -2.31. The van der Waals surface area contributed by atoms with Crippen LogP contribution >= 0.6 is 11.3 Å². The minimum atomic E-state index is -0.275. The van der Waals surface area contributed by atoms with Gasteiger partial charge in [0.1, 0.15) is 0 Å². The highest BCUT2D eigenvalue weighted by Crippen LogP contribution is 2.57. The Morgan fingerprint density at radius 1 is 0.431 bits per heavy atom. The van der Waals surface area contributed by atoms with Crippen molar-refractivity contribution in [2.24, 2.45) is 0 Å². The molecule has 9 aromatic carbocycles. The number of hydrogen-bond acceptors (Lipinski definition) is 3. The zero-order chi connectivity index (χ0) is 38.8. The van der Waals surface area contributed by atoms with E-state index in [1.807, 2.05) is 11.3 Å². The van der Waals surface area contributed by atoms with Crippen molar-refractivity contribution in [3.63, 3.8) is 0 Å². The zero-order valence-corrected chi connectivity index (χ0v) is 33.2. The van der Waals surface area contributed by atoms with Crippen LogP contribution in [-0.4, -0.2) is 0 Å². The standard InChI is InChI=1S/C55H40N2S/c1-55(2)48-27-12-13-28-49(48)57(50-29-16-24-45(52(50)55)47-26-15-25-46-44-23-11-14-30-51(44)58-54(46)47)53-42-22-10-9-17-37(42)33-36-43(53)38-31-34-41(35-32-38)56(39-18-5-3-6-19-39)40-20-7-4-8-21-40/h3-36H,1-2H3. The first-order chi connectivity index (χ1) is 28.6. The Balaban J connectivity index is 1.14. The third kappa shape index (κ3) is 5.39. The number of para-hydroxylation sites is 3. The Morgan fingerprint density at radius 3 is 1.79 bits per heavy atom. The lowest BCUT2D eigenvalue weighted by molar-refractivity contribution is 0.634. The van der Waals surface area contributed by atoms with Gasteiger partial charge in [-0.25, -0.2) is 0 Å². The normalized spacial score (nSPS) is 13.1. The molecule has 1 aromatic heterocycles. The van der Waals surface area contributed by atoms with Gasteiger partial charge in [0, 0.05) is 53.6 Å². The van der Waals surface area contributed by atoms with E-state index in [0.29, 0.717) is 0 Å². The molecule has 0 atom stereocenters. The van der Waals surface area contributed by atoms with Gasteiger partial charge in [-0.1, -0.05) is 166 Å². The predicted molar refractivity (Wildman–Crippen MR) is 249 cm³/mol. The molecule has 0 spiro atoms. The summed E-state index contributed by atoms with van der Waals surface area (Å²) < 4.78 is 2.66. The molecule has 11 rings (SSSR count). The van der Waals surface area contributed by atoms with Crippen LogP contribution in [-0.2, 0) is 5.41 Å². The van der Waals surface area contributed by atoms with Gasteiger partial charge in [-0.2, -0.15) is 0 Å². The largest absolute Gasteiger partial charge is 0.311 e. The third-order valence-corrected chi connectivity index (χ3v) is 13.2. The van der Waals surface area contributed by atoms with Crippen LogP contribution in [0.3, 0.4) is 0 Å². The lowest BCUT2D eigenvalue weighted by atomic mass is 9.70. The summed E-state index contributed by atoms with van der Waals surface area (Å²) in [4.78, 5) is 4.89. The Hall–Kier alpha value is -6.94. The van der Waals surface area contributed by atoms with Gasteiger partial charge in [-0.15, -0.1) is 11.3 Å². The lowest BCUT2D eigenvalue weighted by Gasteiger charge is -2.44. The molecule has 0 aliphatic carbocycles. The number of thiophene rings is 1. The van der Waals surface area contributed by atoms with Crippen molar-refractivity contribution in [1.82, 2.24) is 0 Å². The van der Waals surface area contributed by atoms with E-state index in [1.165, 1.54) is 81.4 Å². The van der Waals surface area contributed by atoms with E-state index >= 15 is 0 Å². The summed E-state index contributed by atoms with van der Waals surface area (Å²) in [5.41, 5.74) is 14.3. The van der Waals surface area contributed by atoms with Gasteiger partial charge in [-0.3, -0.25) is 0 Å². The van der Waals surface area contributed by atoms with E-state index in [2.05, 4.69) is 230 Å². The van der Waals surface area contributed by atoms with Gasteiger partial charge in [0.2, 0.25) is 0 Å². The van der Waals surface area contributed by atoms with Gasteiger partial charge in [-0.05, 0) is 87.8 Å². The second-order valence-corrected chi connectivity index (χ2v) is 16.7. The Labute approximate surface area is 343 Å². The van der Waals surface area contributed by atoms with Crippen LogP contribution in [0.2, 0.25) is 0 Å². The van der Waals surface area contributed by atoms with Crippen LogP contribution in [0.5, 0.6) is 0 Å². The number of rotatable bonds is 6. The maximum absolute atomic E-state index is 2.57. The molecule has 276 valence electrons. The fourth-order valence-corrected chi connectivity index (χ4v) is 10.6. The first kappa shape index (κ1) is 34.3. The van der Waals surface area contributed by atoms with Crippen LogP contribution in [0.15, 0.2) is 206 Å². The number of hydrogen-bond donors (Lipinski definition) is 0. The predicted octanol–water partition coefficient (Wildman–Crippen LogP) is 16.1. The van der Waals surface area contributed by atoms with E-state index in [-0.39, 0.29) is 5.41 Å². The Morgan fingerprint density at radius 2 is 1.02 bits per heavy atom. The first-order valence-corrected chi connectivity index (χ1v) is 20.8. The van der Waals surface area contributed by atoms with Gasteiger partial charge >= 0.3 is 0 Å². The van der Waals surface area contributed by atoms with Crippen molar-refractivity contribution in [3.8, 4) is 22.3 Å². The summed E-state index contributed by atoms with van der Waals surface area (Å²) in [6.07, 6.45) is 0. The third-order valence-electron chi connectivity index (χ3n) is 12.0. The molecule has 0 fully saturated rings. The molecule has 3 heteroatoms.